The zero-order valence-electron chi connectivity index (χ0n) is 22.4. The fourth-order valence-corrected chi connectivity index (χ4v) is 5.30. The second kappa shape index (κ2) is 17.3. The highest BCUT2D eigenvalue weighted by molar-refractivity contribution is 8.23. The summed E-state index contributed by atoms with van der Waals surface area (Å²) in [5.41, 5.74) is -0.440. The van der Waals surface area contributed by atoms with E-state index < -0.39 is 17.3 Å². The van der Waals surface area contributed by atoms with Crippen LogP contribution in [-0.4, -0.2) is 47.2 Å². The molecule has 0 saturated heterocycles. The summed E-state index contributed by atoms with van der Waals surface area (Å²) in [7, 11) is 0. The molecular formula is C27H46O6S2. The Kier molecular flexibility index (Phi) is 15.8. The van der Waals surface area contributed by atoms with E-state index in [4.69, 9.17) is 26.4 Å². The Labute approximate surface area is 222 Å². The summed E-state index contributed by atoms with van der Waals surface area (Å²) in [6, 6.07) is 0. The van der Waals surface area contributed by atoms with Crippen LogP contribution in [0, 0.1) is 17.3 Å². The molecule has 8 heteroatoms. The molecule has 202 valence electrons. The molecule has 0 aliphatic heterocycles. The molecule has 0 heterocycles. The van der Waals surface area contributed by atoms with E-state index in [1.807, 2.05) is 27.7 Å². The number of Topliss-reactive ketones (excluding diaryl/α,β-unsaturated/α-hetero) is 1. The maximum atomic E-state index is 12.8. The number of hydrogen-bond acceptors (Lipinski definition) is 8. The lowest BCUT2D eigenvalue weighted by Crippen LogP contribution is -2.30. The Bertz CT molecular complexity index is 669. The molecule has 1 rings (SSSR count). The van der Waals surface area contributed by atoms with Gasteiger partial charge in [0.25, 0.3) is 0 Å². The standard InChI is InChI=1S/C27H46O6S2/c1-6-31-24(29)22(23(28)20-16-17-20)19-21(35-26(34)32-7-2)15-13-11-9-8-10-12-14-18-33-25(30)27(3,4)5/h20-22H,6-19H2,1-5H3. The van der Waals surface area contributed by atoms with E-state index in [0.29, 0.717) is 24.0 Å². The smallest absolute Gasteiger partial charge is 0.316 e. The predicted octanol–water partition coefficient (Wildman–Crippen LogP) is 6.67. The SMILES string of the molecule is CCOC(=O)C(CC(CCCCCCCCCOC(=O)C(C)(C)C)SC(=S)OCC)C(=O)C1CC1. The van der Waals surface area contributed by atoms with Crippen LogP contribution < -0.4 is 0 Å². The zero-order valence-corrected chi connectivity index (χ0v) is 24.0. The molecule has 0 radical (unpaired) electrons. The molecule has 2 unspecified atom stereocenters. The second-order valence-corrected chi connectivity index (χ2v) is 12.2. The molecule has 35 heavy (non-hydrogen) atoms. The summed E-state index contributed by atoms with van der Waals surface area (Å²) in [5.74, 6) is -1.18. The van der Waals surface area contributed by atoms with E-state index in [2.05, 4.69) is 0 Å². The summed E-state index contributed by atoms with van der Waals surface area (Å²) in [6.45, 7) is 10.5. The fourth-order valence-electron chi connectivity index (χ4n) is 3.74. The molecule has 2 atom stereocenters. The Hall–Kier alpha value is -1.15. The van der Waals surface area contributed by atoms with Gasteiger partial charge in [0.15, 0.2) is 0 Å². The number of thioether (sulfide) groups is 1. The Morgan fingerprint density at radius 2 is 1.46 bits per heavy atom. The number of rotatable bonds is 18. The van der Waals surface area contributed by atoms with Gasteiger partial charge in [-0.05, 0) is 78.9 Å². The topological polar surface area (TPSA) is 78.9 Å². The van der Waals surface area contributed by atoms with E-state index in [1.165, 1.54) is 11.8 Å². The average molecular weight is 531 g/mol. The van der Waals surface area contributed by atoms with Gasteiger partial charge in [0.1, 0.15) is 11.7 Å². The molecule has 1 aliphatic rings. The molecular weight excluding hydrogens is 484 g/mol. The summed E-state index contributed by atoms with van der Waals surface area (Å²) in [4.78, 5) is 37.1. The van der Waals surface area contributed by atoms with Crippen molar-refractivity contribution in [1.29, 1.82) is 0 Å². The molecule has 0 aromatic heterocycles. The minimum absolute atomic E-state index is 0.0193. The average Bonchev–Trinajstić information content (AvgIpc) is 3.63. The highest BCUT2D eigenvalue weighted by atomic mass is 32.2. The maximum absolute atomic E-state index is 12.8. The summed E-state index contributed by atoms with van der Waals surface area (Å²) in [6.07, 6.45) is 10.6. The molecule has 0 aromatic rings. The van der Waals surface area contributed by atoms with Gasteiger partial charge in [-0.25, -0.2) is 0 Å². The monoisotopic (exact) mass is 530 g/mol. The molecule has 6 nitrogen and oxygen atoms in total. The van der Waals surface area contributed by atoms with Crippen LogP contribution in [0.3, 0.4) is 0 Å². The van der Waals surface area contributed by atoms with Crippen molar-refractivity contribution in [3.8, 4) is 0 Å². The summed E-state index contributed by atoms with van der Waals surface area (Å²) in [5, 5.41) is 0.0589. The van der Waals surface area contributed by atoms with Crippen LogP contribution in [0.4, 0.5) is 0 Å². The molecule has 0 aromatic carbocycles. The molecule has 0 bridgehead atoms. The first-order chi connectivity index (χ1) is 16.6. The largest absolute Gasteiger partial charge is 0.479 e. The molecule has 1 saturated carbocycles. The normalized spacial score (nSPS) is 15.2. The van der Waals surface area contributed by atoms with Crippen LogP contribution in [0.5, 0.6) is 0 Å². The van der Waals surface area contributed by atoms with Crippen LogP contribution in [0.1, 0.15) is 105 Å². The van der Waals surface area contributed by atoms with Crippen molar-refractivity contribution >= 4 is 46.1 Å². The van der Waals surface area contributed by atoms with Crippen molar-refractivity contribution in [2.45, 2.75) is 110 Å². The predicted molar refractivity (Wildman–Crippen MR) is 145 cm³/mol. The molecule has 0 N–H and O–H groups in total. The maximum Gasteiger partial charge on any atom is 0.316 e. The van der Waals surface area contributed by atoms with Crippen molar-refractivity contribution in [2.24, 2.45) is 17.3 Å². The van der Waals surface area contributed by atoms with E-state index in [0.717, 1.165) is 64.2 Å². The lowest BCUT2D eigenvalue weighted by molar-refractivity contribution is -0.153. The van der Waals surface area contributed by atoms with Gasteiger partial charge in [-0.15, -0.1) is 0 Å². The van der Waals surface area contributed by atoms with Crippen molar-refractivity contribution in [1.82, 2.24) is 0 Å². The van der Waals surface area contributed by atoms with Gasteiger partial charge in [0, 0.05) is 11.2 Å². The molecule has 1 fully saturated rings. The van der Waals surface area contributed by atoms with Crippen LogP contribution in [0.2, 0.25) is 0 Å². The van der Waals surface area contributed by atoms with E-state index in [-0.39, 0.29) is 29.5 Å². The molecule has 0 spiro atoms. The first kappa shape index (κ1) is 31.9. The van der Waals surface area contributed by atoms with Crippen molar-refractivity contribution in [3.05, 3.63) is 0 Å². The van der Waals surface area contributed by atoms with Gasteiger partial charge in [-0.2, -0.15) is 0 Å². The van der Waals surface area contributed by atoms with Gasteiger partial charge in [-0.3, -0.25) is 14.4 Å². The third-order valence-corrected chi connectivity index (χ3v) is 7.41. The number of unbranched alkanes of at least 4 members (excludes halogenated alkanes) is 6. The third kappa shape index (κ3) is 14.2. The van der Waals surface area contributed by atoms with Crippen LogP contribution in [-0.2, 0) is 28.6 Å². The first-order valence-electron chi connectivity index (χ1n) is 13.3. The van der Waals surface area contributed by atoms with Gasteiger partial charge in [0.05, 0.1) is 25.2 Å². The lowest BCUT2D eigenvalue weighted by atomic mass is 9.93. The number of hydrogen-bond donors (Lipinski definition) is 0. The quantitative estimate of drug-likeness (QED) is 0.0841. The number of ketones is 1. The van der Waals surface area contributed by atoms with Gasteiger partial charge >= 0.3 is 11.9 Å². The third-order valence-electron chi connectivity index (χ3n) is 5.93. The highest BCUT2D eigenvalue weighted by Gasteiger charge is 2.40. The Balaban J connectivity index is 2.38. The minimum atomic E-state index is -0.697. The number of carbonyl (C=O) groups is 3. The van der Waals surface area contributed by atoms with Crippen molar-refractivity contribution < 1.29 is 28.6 Å². The van der Waals surface area contributed by atoms with E-state index in [1.54, 1.807) is 6.92 Å². The Morgan fingerprint density at radius 1 is 0.886 bits per heavy atom. The van der Waals surface area contributed by atoms with Crippen molar-refractivity contribution in [3.63, 3.8) is 0 Å². The zero-order chi connectivity index (χ0) is 26.3. The fraction of sp³-hybridized carbons (Fsp3) is 0.852. The summed E-state index contributed by atoms with van der Waals surface area (Å²) >= 11 is 6.82. The highest BCUT2D eigenvalue weighted by Crippen LogP contribution is 2.36. The summed E-state index contributed by atoms with van der Waals surface area (Å²) < 4.78 is 16.5. The van der Waals surface area contributed by atoms with Gasteiger partial charge in [-0.1, -0.05) is 50.3 Å². The first-order valence-corrected chi connectivity index (χ1v) is 14.6. The van der Waals surface area contributed by atoms with Crippen LogP contribution in [0.25, 0.3) is 0 Å². The Morgan fingerprint density at radius 3 is 2.00 bits per heavy atom. The number of esters is 2. The number of ether oxygens (including phenoxy) is 3. The van der Waals surface area contributed by atoms with E-state index >= 15 is 0 Å². The van der Waals surface area contributed by atoms with Gasteiger partial charge in [0.2, 0.25) is 4.38 Å². The van der Waals surface area contributed by atoms with Gasteiger partial charge < -0.3 is 14.2 Å². The number of carbonyl (C=O) groups excluding carboxylic acids is 3. The second-order valence-electron chi connectivity index (χ2n) is 10.3. The molecule has 0 amide bonds. The van der Waals surface area contributed by atoms with Crippen LogP contribution >= 0.6 is 24.0 Å². The van der Waals surface area contributed by atoms with Crippen LogP contribution in [0.15, 0.2) is 0 Å². The van der Waals surface area contributed by atoms with Crippen molar-refractivity contribution in [2.75, 3.05) is 19.8 Å². The minimum Gasteiger partial charge on any atom is -0.479 e. The molecule has 1 aliphatic carbocycles. The van der Waals surface area contributed by atoms with E-state index in [9.17, 15) is 14.4 Å². The number of thiocarbonyl (C=S) groups is 1. The lowest BCUT2D eigenvalue weighted by Gasteiger charge is -2.21.